The molecule has 0 aromatic heterocycles. The monoisotopic (exact) mass is 397 g/mol. The van der Waals surface area contributed by atoms with Gasteiger partial charge in [0, 0.05) is 12.2 Å². The summed E-state index contributed by atoms with van der Waals surface area (Å²) in [6.45, 7) is 3.74. The molecule has 8 nitrogen and oxygen atoms in total. The van der Waals surface area contributed by atoms with E-state index in [9.17, 15) is 24.6 Å². The molecule has 0 aliphatic carbocycles. The van der Waals surface area contributed by atoms with Crippen LogP contribution in [0.25, 0.3) is 0 Å². The number of carbonyl (C=O) groups excluding carboxylic acids is 2. The number of phenolic OH excluding ortho intramolecular Hbond substituents is 1. The van der Waals surface area contributed by atoms with Gasteiger partial charge < -0.3 is 26.6 Å². The zero-order chi connectivity index (χ0) is 20.6. The first-order valence-corrected chi connectivity index (χ1v) is 9.30. The standard InChI is InChI=1S/C18H27N3O5S/c1-3-10(2)15(19)17(24)21-14(9-27)16(23)20-13(18(25)26)8-11-4-6-12(22)7-5-11/h4-7,10,13-15,22,27H,3,8-9,19H2,1-2H3,(H,20,23)(H,21,24)(H,25,26). The zero-order valence-corrected chi connectivity index (χ0v) is 16.3. The van der Waals surface area contributed by atoms with Crippen molar-refractivity contribution < 1.29 is 24.6 Å². The zero-order valence-electron chi connectivity index (χ0n) is 15.4. The predicted molar refractivity (Wildman–Crippen MR) is 105 cm³/mol. The highest BCUT2D eigenvalue weighted by Crippen LogP contribution is 2.12. The number of amides is 2. The molecular weight excluding hydrogens is 370 g/mol. The van der Waals surface area contributed by atoms with Crippen LogP contribution in [0.4, 0.5) is 0 Å². The van der Waals surface area contributed by atoms with Crippen molar-refractivity contribution in [1.29, 1.82) is 0 Å². The fourth-order valence-corrected chi connectivity index (χ4v) is 2.57. The number of nitrogens with two attached hydrogens (primary N) is 1. The van der Waals surface area contributed by atoms with E-state index in [1.165, 1.54) is 12.1 Å². The molecule has 1 aromatic rings. The van der Waals surface area contributed by atoms with Crippen LogP contribution in [0, 0.1) is 5.92 Å². The minimum Gasteiger partial charge on any atom is -0.508 e. The second-order valence-corrected chi connectivity index (χ2v) is 6.79. The SMILES string of the molecule is CCC(C)C(N)C(=O)NC(CS)C(=O)NC(Cc1ccc(O)cc1)C(=O)O. The normalized spacial score (nSPS) is 15.3. The first kappa shape index (κ1) is 22.8. The molecule has 0 radical (unpaired) electrons. The van der Waals surface area contributed by atoms with Gasteiger partial charge in [0.25, 0.3) is 0 Å². The van der Waals surface area contributed by atoms with Crippen LogP contribution >= 0.6 is 12.6 Å². The molecule has 1 rings (SSSR count). The van der Waals surface area contributed by atoms with E-state index in [-0.39, 0.29) is 23.8 Å². The summed E-state index contributed by atoms with van der Waals surface area (Å²) in [5.41, 5.74) is 6.49. The number of hydrogen-bond donors (Lipinski definition) is 6. The Balaban J connectivity index is 2.76. The largest absolute Gasteiger partial charge is 0.508 e. The molecule has 0 aliphatic rings. The fourth-order valence-electron chi connectivity index (χ4n) is 2.31. The molecule has 0 saturated carbocycles. The van der Waals surface area contributed by atoms with E-state index in [1.807, 2.05) is 13.8 Å². The minimum atomic E-state index is -1.21. The Morgan fingerprint density at radius 2 is 1.67 bits per heavy atom. The molecular formula is C18H27N3O5S. The predicted octanol–water partition coefficient (Wildman–Crippen LogP) is 0.292. The van der Waals surface area contributed by atoms with Crippen molar-refractivity contribution in [3.63, 3.8) is 0 Å². The van der Waals surface area contributed by atoms with Crippen LogP contribution in [0.3, 0.4) is 0 Å². The number of phenols is 1. The summed E-state index contributed by atoms with van der Waals surface area (Å²) in [6.07, 6.45) is 0.737. The molecule has 150 valence electrons. The second-order valence-electron chi connectivity index (χ2n) is 6.43. The topological polar surface area (TPSA) is 142 Å². The van der Waals surface area contributed by atoms with Crippen LogP contribution in [0.1, 0.15) is 25.8 Å². The van der Waals surface area contributed by atoms with Gasteiger partial charge in [-0.2, -0.15) is 12.6 Å². The number of carbonyl (C=O) groups is 3. The van der Waals surface area contributed by atoms with E-state index in [1.54, 1.807) is 12.1 Å². The Morgan fingerprint density at radius 1 is 1.11 bits per heavy atom. The van der Waals surface area contributed by atoms with Gasteiger partial charge in [-0.05, 0) is 23.6 Å². The number of nitrogens with one attached hydrogen (secondary N) is 2. The van der Waals surface area contributed by atoms with E-state index in [0.29, 0.717) is 12.0 Å². The van der Waals surface area contributed by atoms with Crippen LogP contribution in [0.2, 0.25) is 0 Å². The molecule has 0 spiro atoms. The maximum absolute atomic E-state index is 12.4. The van der Waals surface area contributed by atoms with Gasteiger partial charge in [0.15, 0.2) is 0 Å². The lowest BCUT2D eigenvalue weighted by Gasteiger charge is -2.23. The Morgan fingerprint density at radius 3 is 2.15 bits per heavy atom. The second kappa shape index (κ2) is 10.8. The molecule has 1 aromatic carbocycles. The number of hydrogen-bond acceptors (Lipinski definition) is 6. The van der Waals surface area contributed by atoms with Crippen molar-refractivity contribution in [2.24, 2.45) is 11.7 Å². The fraction of sp³-hybridized carbons (Fsp3) is 0.500. The maximum atomic E-state index is 12.4. The van der Waals surface area contributed by atoms with Gasteiger partial charge in [0.2, 0.25) is 11.8 Å². The number of aliphatic carboxylic acids is 1. The lowest BCUT2D eigenvalue weighted by molar-refractivity contribution is -0.142. The lowest BCUT2D eigenvalue weighted by Crippen LogP contribution is -2.56. The van der Waals surface area contributed by atoms with Gasteiger partial charge in [-0.15, -0.1) is 0 Å². The molecule has 27 heavy (non-hydrogen) atoms. The smallest absolute Gasteiger partial charge is 0.326 e. The van der Waals surface area contributed by atoms with E-state index >= 15 is 0 Å². The van der Waals surface area contributed by atoms with Gasteiger partial charge in [0.1, 0.15) is 17.8 Å². The van der Waals surface area contributed by atoms with Crippen LogP contribution in [-0.2, 0) is 20.8 Å². The molecule has 6 N–H and O–H groups in total. The Bertz CT molecular complexity index is 653. The summed E-state index contributed by atoms with van der Waals surface area (Å²) >= 11 is 4.07. The Hall–Kier alpha value is -2.26. The average Bonchev–Trinajstić information content (AvgIpc) is 2.65. The summed E-state index contributed by atoms with van der Waals surface area (Å²) in [7, 11) is 0. The molecule has 0 fully saturated rings. The van der Waals surface area contributed by atoms with Crippen LogP contribution in [0.5, 0.6) is 5.75 Å². The summed E-state index contributed by atoms with van der Waals surface area (Å²) in [5, 5.41) is 23.6. The van der Waals surface area contributed by atoms with Crippen LogP contribution in [0.15, 0.2) is 24.3 Å². The van der Waals surface area contributed by atoms with Crippen molar-refractivity contribution >= 4 is 30.4 Å². The molecule has 0 bridgehead atoms. The third kappa shape index (κ3) is 7.10. The van der Waals surface area contributed by atoms with Crippen molar-refractivity contribution in [3.8, 4) is 5.75 Å². The Kier molecular flexibility index (Phi) is 9.10. The third-order valence-electron chi connectivity index (χ3n) is 4.37. The minimum absolute atomic E-state index is 0.00362. The van der Waals surface area contributed by atoms with Crippen molar-refractivity contribution in [2.45, 2.75) is 44.8 Å². The van der Waals surface area contributed by atoms with Crippen LogP contribution in [-0.4, -0.2) is 51.9 Å². The number of thiol groups is 1. The summed E-state index contributed by atoms with van der Waals surface area (Å²) in [6, 6.07) is 3.05. The van der Waals surface area contributed by atoms with Crippen molar-refractivity contribution in [3.05, 3.63) is 29.8 Å². The van der Waals surface area contributed by atoms with Crippen LogP contribution < -0.4 is 16.4 Å². The molecule has 4 atom stereocenters. The number of aromatic hydroxyl groups is 1. The third-order valence-corrected chi connectivity index (χ3v) is 4.73. The summed E-state index contributed by atoms with van der Waals surface area (Å²) in [4.78, 5) is 36.1. The van der Waals surface area contributed by atoms with E-state index < -0.39 is 35.9 Å². The maximum Gasteiger partial charge on any atom is 0.326 e. The summed E-state index contributed by atoms with van der Waals surface area (Å²) in [5.74, 6) is -2.35. The number of rotatable bonds is 10. The highest BCUT2D eigenvalue weighted by atomic mass is 32.1. The first-order valence-electron chi connectivity index (χ1n) is 8.67. The van der Waals surface area contributed by atoms with Gasteiger partial charge in [-0.1, -0.05) is 32.4 Å². The molecule has 9 heteroatoms. The number of carboxylic acids is 1. The van der Waals surface area contributed by atoms with E-state index in [0.717, 1.165) is 0 Å². The Labute approximate surface area is 163 Å². The van der Waals surface area contributed by atoms with Gasteiger partial charge in [0.05, 0.1) is 6.04 Å². The number of carboxylic acid groups (broad SMARTS) is 1. The van der Waals surface area contributed by atoms with Gasteiger partial charge in [-0.3, -0.25) is 9.59 Å². The molecule has 0 saturated heterocycles. The van der Waals surface area contributed by atoms with E-state index in [4.69, 9.17) is 5.73 Å². The summed E-state index contributed by atoms with van der Waals surface area (Å²) < 4.78 is 0. The number of benzene rings is 1. The highest BCUT2D eigenvalue weighted by molar-refractivity contribution is 7.80. The van der Waals surface area contributed by atoms with Gasteiger partial charge >= 0.3 is 5.97 Å². The van der Waals surface area contributed by atoms with Crippen molar-refractivity contribution in [1.82, 2.24) is 10.6 Å². The molecule has 4 unspecified atom stereocenters. The highest BCUT2D eigenvalue weighted by Gasteiger charge is 2.28. The lowest BCUT2D eigenvalue weighted by atomic mass is 9.99. The molecule has 0 heterocycles. The quantitative estimate of drug-likeness (QED) is 0.314. The van der Waals surface area contributed by atoms with Gasteiger partial charge in [-0.25, -0.2) is 4.79 Å². The van der Waals surface area contributed by atoms with Crippen molar-refractivity contribution in [2.75, 3.05) is 5.75 Å². The average molecular weight is 397 g/mol. The molecule has 2 amide bonds. The molecule has 0 aliphatic heterocycles. The first-order chi connectivity index (χ1) is 12.7. The van der Waals surface area contributed by atoms with E-state index in [2.05, 4.69) is 23.3 Å².